The monoisotopic (exact) mass is 490 g/mol. The molecule has 0 aliphatic carbocycles. The van der Waals surface area contributed by atoms with Gasteiger partial charge in [-0.3, -0.25) is 0 Å². The van der Waals surface area contributed by atoms with E-state index in [9.17, 15) is 8.78 Å². The maximum Gasteiger partial charge on any atom is 0.127 e. The van der Waals surface area contributed by atoms with Gasteiger partial charge in [0.05, 0.1) is 0 Å². The van der Waals surface area contributed by atoms with Crippen LogP contribution in [0.3, 0.4) is 0 Å². The molecule has 0 bridgehead atoms. The minimum absolute atomic E-state index is 0.176. The summed E-state index contributed by atoms with van der Waals surface area (Å²) in [6.45, 7) is 13.5. The molecule has 0 saturated carbocycles. The van der Waals surface area contributed by atoms with Gasteiger partial charge in [-0.15, -0.1) is 0 Å². The average molecular weight is 491 g/mol. The smallest absolute Gasteiger partial charge is 0.127 e. The maximum absolute atomic E-state index is 15.4. The molecule has 190 valence electrons. The van der Waals surface area contributed by atoms with Gasteiger partial charge in [-0.1, -0.05) is 49.8 Å². The van der Waals surface area contributed by atoms with Gasteiger partial charge in [-0.05, 0) is 134 Å². The summed E-state index contributed by atoms with van der Waals surface area (Å²) in [5, 5.41) is 0. The lowest BCUT2D eigenvalue weighted by Gasteiger charge is -2.15. The zero-order valence-corrected chi connectivity index (χ0v) is 22.2. The van der Waals surface area contributed by atoms with Gasteiger partial charge in [-0.25, -0.2) is 13.2 Å². The van der Waals surface area contributed by atoms with Crippen LogP contribution in [0, 0.1) is 31.3 Å². The fraction of sp³-hybridized carbons (Fsp3) is 0.333. The van der Waals surface area contributed by atoms with E-state index in [2.05, 4.69) is 19.6 Å². The summed E-state index contributed by atoms with van der Waals surface area (Å²) >= 11 is 0. The summed E-state index contributed by atoms with van der Waals surface area (Å²) in [4.78, 5) is 0. The van der Waals surface area contributed by atoms with Crippen LogP contribution < -0.4 is 0 Å². The molecule has 0 unspecified atom stereocenters. The van der Waals surface area contributed by atoms with E-state index in [0.29, 0.717) is 42.4 Å². The highest BCUT2D eigenvalue weighted by atomic mass is 19.1. The summed E-state index contributed by atoms with van der Waals surface area (Å²) in [5.74, 6) is -0.693. The molecule has 3 rings (SSSR count). The SMILES string of the molecule is C=C(C)c1cc(CCc2cc(F)c(C)c(CCC)c2)cc(F)c1CCc1cc(F)c(C)cc1/C=C/C. The van der Waals surface area contributed by atoms with Crippen molar-refractivity contribution in [3.8, 4) is 0 Å². The topological polar surface area (TPSA) is 0 Å². The van der Waals surface area contributed by atoms with E-state index < -0.39 is 0 Å². The normalized spacial score (nSPS) is 11.4. The summed E-state index contributed by atoms with van der Waals surface area (Å²) in [6.07, 6.45) is 7.92. The fourth-order valence-corrected chi connectivity index (χ4v) is 4.79. The van der Waals surface area contributed by atoms with Gasteiger partial charge in [0.1, 0.15) is 17.5 Å². The van der Waals surface area contributed by atoms with E-state index in [-0.39, 0.29) is 17.5 Å². The molecule has 0 amide bonds. The van der Waals surface area contributed by atoms with E-state index >= 15 is 4.39 Å². The highest BCUT2D eigenvalue weighted by Gasteiger charge is 2.15. The van der Waals surface area contributed by atoms with Crippen molar-refractivity contribution < 1.29 is 13.2 Å². The molecular formula is C33H37F3. The Kier molecular flexibility index (Phi) is 9.37. The standard InChI is InChI=1S/C33H37F3/c1-7-9-26-16-24(18-32(35)23(26)6)11-12-25-17-30(21(3)4)29(33(36)19-25)14-13-28-20-31(34)22(5)15-27(28)10-8-2/h8,10,15-20H,3,7,9,11-14H2,1-2,4-6H3/b10-8+. The van der Waals surface area contributed by atoms with Gasteiger partial charge in [0.25, 0.3) is 0 Å². The lowest BCUT2D eigenvalue weighted by atomic mass is 9.90. The van der Waals surface area contributed by atoms with Gasteiger partial charge in [0.2, 0.25) is 0 Å². The lowest BCUT2D eigenvalue weighted by molar-refractivity contribution is 0.602. The maximum atomic E-state index is 15.4. The molecule has 0 heterocycles. The lowest BCUT2D eigenvalue weighted by Crippen LogP contribution is -2.04. The molecule has 3 aromatic carbocycles. The number of hydrogen-bond donors (Lipinski definition) is 0. The summed E-state index contributed by atoms with van der Waals surface area (Å²) in [5.41, 5.74) is 8.16. The molecule has 0 spiro atoms. The molecule has 3 aromatic rings. The van der Waals surface area contributed by atoms with Crippen molar-refractivity contribution in [3.63, 3.8) is 0 Å². The molecule has 36 heavy (non-hydrogen) atoms. The van der Waals surface area contributed by atoms with Crippen molar-refractivity contribution in [3.05, 3.63) is 117 Å². The van der Waals surface area contributed by atoms with Crippen molar-refractivity contribution in [2.24, 2.45) is 0 Å². The van der Waals surface area contributed by atoms with Crippen molar-refractivity contribution >= 4 is 11.6 Å². The molecule has 0 aromatic heterocycles. The first kappa shape index (κ1) is 27.5. The Balaban J connectivity index is 1.84. The second kappa shape index (κ2) is 12.3. The minimum atomic E-state index is -0.271. The first-order valence-corrected chi connectivity index (χ1v) is 12.8. The Morgan fingerprint density at radius 3 is 2.08 bits per heavy atom. The number of rotatable bonds is 10. The fourth-order valence-electron chi connectivity index (χ4n) is 4.79. The van der Waals surface area contributed by atoms with Gasteiger partial charge >= 0.3 is 0 Å². The summed E-state index contributed by atoms with van der Waals surface area (Å²) in [6, 6.07) is 10.7. The summed E-state index contributed by atoms with van der Waals surface area (Å²) < 4.78 is 44.1. The molecular weight excluding hydrogens is 453 g/mol. The van der Waals surface area contributed by atoms with Gasteiger partial charge in [-0.2, -0.15) is 0 Å². The van der Waals surface area contributed by atoms with Gasteiger partial charge in [0.15, 0.2) is 0 Å². The Bertz CT molecular complexity index is 1280. The molecule has 0 saturated heterocycles. The Labute approximate surface area is 214 Å². The number of halogens is 3. The van der Waals surface area contributed by atoms with Crippen LogP contribution in [-0.2, 0) is 32.1 Å². The van der Waals surface area contributed by atoms with Crippen molar-refractivity contribution in [2.75, 3.05) is 0 Å². The molecule has 0 aliphatic rings. The molecule has 3 heteroatoms. The van der Waals surface area contributed by atoms with Crippen LogP contribution in [0.2, 0.25) is 0 Å². The minimum Gasteiger partial charge on any atom is -0.207 e. The Morgan fingerprint density at radius 2 is 1.44 bits per heavy atom. The highest BCUT2D eigenvalue weighted by Crippen LogP contribution is 2.27. The molecule has 0 aliphatic heterocycles. The van der Waals surface area contributed by atoms with Crippen molar-refractivity contribution in [1.29, 1.82) is 0 Å². The third kappa shape index (κ3) is 6.57. The third-order valence-electron chi connectivity index (χ3n) is 6.86. The van der Waals surface area contributed by atoms with Crippen molar-refractivity contribution in [2.45, 2.75) is 73.1 Å². The number of hydrogen-bond acceptors (Lipinski definition) is 0. The first-order chi connectivity index (χ1) is 17.1. The third-order valence-corrected chi connectivity index (χ3v) is 6.86. The van der Waals surface area contributed by atoms with Crippen molar-refractivity contribution in [1.82, 2.24) is 0 Å². The zero-order valence-electron chi connectivity index (χ0n) is 22.2. The van der Waals surface area contributed by atoms with Gasteiger partial charge < -0.3 is 0 Å². The Hall–Kier alpha value is -3.07. The molecule has 0 radical (unpaired) electrons. The van der Waals surface area contributed by atoms with Gasteiger partial charge in [0, 0.05) is 0 Å². The van der Waals surface area contributed by atoms with E-state index in [4.69, 9.17) is 0 Å². The number of allylic oxidation sites excluding steroid dienone is 2. The van der Waals surface area contributed by atoms with Crippen LogP contribution in [0.4, 0.5) is 13.2 Å². The molecule has 0 N–H and O–H groups in total. The van der Waals surface area contributed by atoms with Crippen LogP contribution >= 0.6 is 0 Å². The van der Waals surface area contributed by atoms with E-state index in [1.54, 1.807) is 25.1 Å². The average Bonchev–Trinajstić information content (AvgIpc) is 2.82. The summed E-state index contributed by atoms with van der Waals surface area (Å²) in [7, 11) is 0. The number of benzene rings is 3. The number of aryl methyl sites for hydroxylation is 5. The van der Waals surface area contributed by atoms with Crippen LogP contribution in [-0.4, -0.2) is 0 Å². The largest absolute Gasteiger partial charge is 0.207 e. The first-order valence-electron chi connectivity index (χ1n) is 12.8. The van der Waals surface area contributed by atoms with Crippen LogP contribution in [0.1, 0.15) is 77.3 Å². The molecule has 0 atom stereocenters. The Morgan fingerprint density at radius 1 is 0.778 bits per heavy atom. The predicted octanol–water partition coefficient (Wildman–Crippen LogP) is 9.31. The molecule has 0 nitrogen and oxygen atoms in total. The predicted molar refractivity (Wildman–Crippen MR) is 147 cm³/mol. The van der Waals surface area contributed by atoms with E-state index in [1.807, 2.05) is 45.1 Å². The van der Waals surface area contributed by atoms with Crippen LogP contribution in [0.25, 0.3) is 11.6 Å². The molecule has 0 fully saturated rings. The highest BCUT2D eigenvalue weighted by molar-refractivity contribution is 5.66. The zero-order chi connectivity index (χ0) is 26.4. The van der Waals surface area contributed by atoms with E-state index in [0.717, 1.165) is 51.8 Å². The second-order valence-corrected chi connectivity index (χ2v) is 9.80. The second-order valence-electron chi connectivity index (χ2n) is 9.80. The van der Waals surface area contributed by atoms with E-state index in [1.165, 1.54) is 0 Å². The van der Waals surface area contributed by atoms with Crippen LogP contribution in [0.5, 0.6) is 0 Å². The quantitative estimate of drug-likeness (QED) is 0.266. The van der Waals surface area contributed by atoms with Crippen LogP contribution in [0.15, 0.2) is 49.1 Å².